The molecule has 17 heavy (non-hydrogen) atoms. The monoisotopic (exact) mass is 231 g/mol. The van der Waals surface area contributed by atoms with E-state index in [-0.39, 0.29) is 0 Å². The lowest BCUT2D eigenvalue weighted by molar-refractivity contribution is 0.286. The van der Waals surface area contributed by atoms with Gasteiger partial charge in [-0.05, 0) is 50.1 Å². The first-order valence-corrected chi connectivity index (χ1v) is 6.95. The summed E-state index contributed by atoms with van der Waals surface area (Å²) in [7, 11) is 0. The predicted octanol–water partition coefficient (Wildman–Crippen LogP) is 3.88. The fourth-order valence-corrected chi connectivity index (χ4v) is 2.56. The van der Waals surface area contributed by atoms with Gasteiger partial charge in [0, 0.05) is 6.04 Å². The van der Waals surface area contributed by atoms with Crippen molar-refractivity contribution >= 4 is 0 Å². The first-order chi connectivity index (χ1) is 8.15. The van der Waals surface area contributed by atoms with E-state index in [1.54, 1.807) is 0 Å². The lowest BCUT2D eigenvalue weighted by Gasteiger charge is -2.36. The topological polar surface area (TPSA) is 12.0 Å². The Morgan fingerprint density at radius 3 is 2.71 bits per heavy atom. The third-order valence-electron chi connectivity index (χ3n) is 3.81. The number of aryl methyl sites for hydroxylation is 1. The molecule has 1 aromatic carbocycles. The van der Waals surface area contributed by atoms with E-state index in [2.05, 4.69) is 50.4 Å². The molecule has 0 amide bonds. The van der Waals surface area contributed by atoms with Crippen molar-refractivity contribution < 1.29 is 0 Å². The third kappa shape index (κ3) is 3.57. The number of hydrogen-bond donors (Lipinski definition) is 1. The molecule has 1 heteroatoms. The van der Waals surface area contributed by atoms with Gasteiger partial charge in [0.25, 0.3) is 0 Å². The smallest absolute Gasteiger partial charge is 0.00787 e. The van der Waals surface area contributed by atoms with Crippen molar-refractivity contribution in [2.75, 3.05) is 6.54 Å². The highest BCUT2D eigenvalue weighted by Crippen LogP contribution is 2.37. The van der Waals surface area contributed by atoms with Crippen molar-refractivity contribution in [3.05, 3.63) is 35.4 Å². The maximum absolute atomic E-state index is 3.66. The van der Waals surface area contributed by atoms with E-state index in [4.69, 9.17) is 0 Å². The van der Waals surface area contributed by atoms with Crippen LogP contribution < -0.4 is 5.32 Å². The van der Waals surface area contributed by atoms with Crippen molar-refractivity contribution in [3.8, 4) is 0 Å². The van der Waals surface area contributed by atoms with Gasteiger partial charge >= 0.3 is 0 Å². The highest BCUT2D eigenvalue weighted by atomic mass is 14.9. The second-order valence-corrected chi connectivity index (χ2v) is 5.92. The number of nitrogens with one attached hydrogen (secondary N) is 1. The average Bonchev–Trinajstić information content (AvgIpc) is 2.21. The quantitative estimate of drug-likeness (QED) is 0.811. The SMILES string of the molecule is Cc1cccc(C2CC(NCCC(C)C)C2)c1. The molecular formula is C16H25N. The molecule has 0 aromatic heterocycles. The van der Waals surface area contributed by atoms with Gasteiger partial charge in [0.15, 0.2) is 0 Å². The minimum Gasteiger partial charge on any atom is -0.314 e. The molecular weight excluding hydrogens is 206 g/mol. The van der Waals surface area contributed by atoms with Crippen LogP contribution in [0.15, 0.2) is 24.3 Å². The highest BCUT2D eigenvalue weighted by Gasteiger charge is 2.29. The Balaban J connectivity index is 1.72. The molecule has 0 saturated heterocycles. The summed E-state index contributed by atoms with van der Waals surface area (Å²) in [5.74, 6) is 1.61. The maximum atomic E-state index is 3.66. The summed E-state index contributed by atoms with van der Waals surface area (Å²) in [5.41, 5.74) is 2.92. The molecule has 1 aliphatic carbocycles. The Kier molecular flexibility index (Phi) is 4.22. The first-order valence-electron chi connectivity index (χ1n) is 6.95. The molecule has 1 nitrogen and oxygen atoms in total. The van der Waals surface area contributed by atoms with Crippen LogP contribution >= 0.6 is 0 Å². The molecule has 2 rings (SSSR count). The number of benzene rings is 1. The Morgan fingerprint density at radius 1 is 1.29 bits per heavy atom. The zero-order valence-corrected chi connectivity index (χ0v) is 11.4. The van der Waals surface area contributed by atoms with Crippen molar-refractivity contribution in [3.63, 3.8) is 0 Å². The second-order valence-electron chi connectivity index (χ2n) is 5.92. The van der Waals surface area contributed by atoms with Crippen LogP contribution in [-0.4, -0.2) is 12.6 Å². The van der Waals surface area contributed by atoms with Gasteiger partial charge in [0.05, 0.1) is 0 Å². The third-order valence-corrected chi connectivity index (χ3v) is 3.81. The molecule has 0 atom stereocenters. The fraction of sp³-hybridized carbons (Fsp3) is 0.625. The van der Waals surface area contributed by atoms with Crippen LogP contribution in [0.3, 0.4) is 0 Å². The van der Waals surface area contributed by atoms with E-state index in [0.717, 1.165) is 17.9 Å². The van der Waals surface area contributed by atoms with Crippen molar-refractivity contribution in [2.24, 2.45) is 5.92 Å². The molecule has 0 bridgehead atoms. The van der Waals surface area contributed by atoms with Gasteiger partial charge in [-0.25, -0.2) is 0 Å². The van der Waals surface area contributed by atoms with Gasteiger partial charge < -0.3 is 5.32 Å². The molecule has 0 radical (unpaired) electrons. The molecule has 0 spiro atoms. The van der Waals surface area contributed by atoms with E-state index >= 15 is 0 Å². The Bertz CT molecular complexity index is 350. The zero-order valence-electron chi connectivity index (χ0n) is 11.4. The summed E-state index contributed by atoms with van der Waals surface area (Å²) in [5, 5.41) is 3.66. The fourth-order valence-electron chi connectivity index (χ4n) is 2.56. The average molecular weight is 231 g/mol. The molecule has 0 aliphatic heterocycles. The molecule has 1 N–H and O–H groups in total. The molecule has 0 heterocycles. The van der Waals surface area contributed by atoms with Gasteiger partial charge in [-0.3, -0.25) is 0 Å². The van der Waals surface area contributed by atoms with Crippen LogP contribution in [0.1, 0.15) is 50.2 Å². The van der Waals surface area contributed by atoms with E-state index in [1.807, 2.05) is 0 Å². The van der Waals surface area contributed by atoms with Crippen LogP contribution in [0.5, 0.6) is 0 Å². The Morgan fingerprint density at radius 2 is 2.06 bits per heavy atom. The molecule has 1 saturated carbocycles. The summed E-state index contributed by atoms with van der Waals surface area (Å²) >= 11 is 0. The normalized spacial score (nSPS) is 23.8. The van der Waals surface area contributed by atoms with E-state index in [9.17, 15) is 0 Å². The highest BCUT2D eigenvalue weighted by molar-refractivity contribution is 5.27. The van der Waals surface area contributed by atoms with Crippen LogP contribution in [0.25, 0.3) is 0 Å². The van der Waals surface area contributed by atoms with Gasteiger partial charge in [-0.2, -0.15) is 0 Å². The largest absolute Gasteiger partial charge is 0.314 e. The summed E-state index contributed by atoms with van der Waals surface area (Å²) < 4.78 is 0. The maximum Gasteiger partial charge on any atom is 0.00787 e. The summed E-state index contributed by atoms with van der Waals surface area (Å²) in [6.07, 6.45) is 3.94. The van der Waals surface area contributed by atoms with E-state index in [0.29, 0.717) is 0 Å². The minimum absolute atomic E-state index is 0.763. The lowest BCUT2D eigenvalue weighted by atomic mass is 9.75. The van der Waals surface area contributed by atoms with Crippen LogP contribution in [0.4, 0.5) is 0 Å². The summed E-state index contributed by atoms with van der Waals surface area (Å²) in [6, 6.07) is 9.75. The zero-order chi connectivity index (χ0) is 12.3. The molecule has 1 aliphatic rings. The molecule has 1 fully saturated rings. The molecule has 1 aromatic rings. The Labute approximate surface area is 106 Å². The predicted molar refractivity (Wildman–Crippen MR) is 74.4 cm³/mol. The van der Waals surface area contributed by atoms with Crippen LogP contribution in [0, 0.1) is 12.8 Å². The van der Waals surface area contributed by atoms with Crippen molar-refractivity contribution in [2.45, 2.75) is 52.0 Å². The number of hydrogen-bond acceptors (Lipinski definition) is 1. The van der Waals surface area contributed by atoms with Gasteiger partial charge in [0.2, 0.25) is 0 Å². The summed E-state index contributed by atoms with van der Waals surface area (Å²) in [6.45, 7) is 7.94. The van der Waals surface area contributed by atoms with Crippen LogP contribution in [0.2, 0.25) is 0 Å². The van der Waals surface area contributed by atoms with Crippen molar-refractivity contribution in [1.29, 1.82) is 0 Å². The van der Waals surface area contributed by atoms with Gasteiger partial charge in [-0.1, -0.05) is 43.7 Å². The second kappa shape index (κ2) is 5.68. The van der Waals surface area contributed by atoms with Gasteiger partial charge in [0.1, 0.15) is 0 Å². The first kappa shape index (κ1) is 12.6. The number of rotatable bonds is 5. The summed E-state index contributed by atoms with van der Waals surface area (Å²) in [4.78, 5) is 0. The Hall–Kier alpha value is -0.820. The van der Waals surface area contributed by atoms with E-state index in [1.165, 1.54) is 36.9 Å². The lowest BCUT2D eigenvalue weighted by Crippen LogP contribution is -2.40. The minimum atomic E-state index is 0.763. The standard InChI is InChI=1S/C16H25N/c1-12(2)7-8-17-16-10-15(11-16)14-6-4-5-13(3)9-14/h4-6,9,12,15-17H,7-8,10-11H2,1-3H3. The van der Waals surface area contributed by atoms with E-state index < -0.39 is 0 Å². The van der Waals surface area contributed by atoms with Gasteiger partial charge in [-0.15, -0.1) is 0 Å². The van der Waals surface area contributed by atoms with Crippen LogP contribution in [-0.2, 0) is 0 Å². The molecule has 94 valence electrons. The molecule has 0 unspecified atom stereocenters. The van der Waals surface area contributed by atoms with Crippen molar-refractivity contribution in [1.82, 2.24) is 5.32 Å².